The van der Waals surface area contributed by atoms with Gasteiger partial charge >= 0.3 is 29.6 Å². The molecule has 0 fully saturated rings. The fraction of sp³-hybridized carbons (Fsp3) is 0.143. The summed E-state index contributed by atoms with van der Waals surface area (Å²) in [6.07, 6.45) is 0. The van der Waals surface area contributed by atoms with Gasteiger partial charge in [0.05, 0.1) is 4.90 Å². The predicted molar refractivity (Wildman–Crippen MR) is 86.5 cm³/mol. The molecule has 0 bridgehead atoms. The van der Waals surface area contributed by atoms with Crippen LogP contribution in [0.15, 0.2) is 41.3 Å². The third-order valence-electron chi connectivity index (χ3n) is 2.78. The summed E-state index contributed by atoms with van der Waals surface area (Å²) in [5, 5.41) is 21.6. The van der Waals surface area contributed by atoms with Crippen LogP contribution in [0.5, 0.6) is 17.2 Å². The van der Waals surface area contributed by atoms with Crippen molar-refractivity contribution in [2.45, 2.75) is 18.7 Å². The van der Waals surface area contributed by atoms with Gasteiger partial charge in [0, 0.05) is 0 Å². The second kappa shape index (κ2) is 8.06. The maximum Gasteiger partial charge on any atom is 1.00 e. The molecule has 0 amide bonds. The van der Waals surface area contributed by atoms with E-state index in [9.17, 15) is 15.1 Å². The van der Waals surface area contributed by atoms with E-state index in [2.05, 4.69) is 0 Å². The average molecular weight is 364 g/mol. The van der Waals surface area contributed by atoms with Crippen LogP contribution in [0.2, 0.25) is 0 Å². The monoisotopic (exact) mass is 364 g/mol. The number of benzene rings is 2. The van der Waals surface area contributed by atoms with Gasteiger partial charge in [0.1, 0.15) is 11.5 Å². The van der Waals surface area contributed by atoms with E-state index >= 15 is 0 Å². The number of phenols is 1. The fourth-order valence-electron chi connectivity index (χ4n) is 1.75. The number of para-hydroxylation sites is 1. The summed E-state index contributed by atoms with van der Waals surface area (Å²) in [4.78, 5) is 10.8. The Bertz CT molecular complexity index is 626. The standard InChI is InChI=1S/C14H15O4PS2.Na/c1-9-5-3-7-11(15)13(9)18-19(17,20)21-14-10(2)6-4-8-12(14)16;/h3-8,15-16H,1-2H3,(H,17,20);/q;+1/p-1. The molecule has 0 saturated heterocycles. The smallest absolute Gasteiger partial charge is 0.870 e. The summed E-state index contributed by atoms with van der Waals surface area (Å²) in [6, 6.07) is 9.69. The van der Waals surface area contributed by atoms with Gasteiger partial charge in [-0.05, 0) is 54.2 Å². The van der Waals surface area contributed by atoms with E-state index in [1.807, 2.05) is 0 Å². The zero-order chi connectivity index (χ0) is 15.6. The van der Waals surface area contributed by atoms with Crippen LogP contribution in [-0.4, -0.2) is 10.00 Å². The van der Waals surface area contributed by atoms with Gasteiger partial charge in [-0.1, -0.05) is 36.1 Å². The van der Waals surface area contributed by atoms with Crippen LogP contribution in [-0.2, 0) is 11.8 Å². The van der Waals surface area contributed by atoms with E-state index in [0.717, 1.165) is 16.9 Å². The second-order valence-electron chi connectivity index (χ2n) is 4.48. The first-order valence-corrected chi connectivity index (χ1v) is 10.2. The second-order valence-corrected chi connectivity index (χ2v) is 10.4. The molecule has 22 heavy (non-hydrogen) atoms. The molecule has 2 aromatic rings. The summed E-state index contributed by atoms with van der Waals surface area (Å²) in [7, 11) is 0. The molecule has 2 N–H and O–H groups in total. The molecule has 2 aromatic carbocycles. The van der Waals surface area contributed by atoms with Crippen LogP contribution in [0.1, 0.15) is 11.1 Å². The molecule has 112 valence electrons. The SMILES string of the molecule is Cc1cccc([O-])c1OP(O)(=S)Sc1c(C)cccc1O.[Na+]. The van der Waals surface area contributed by atoms with Crippen molar-refractivity contribution >= 4 is 28.9 Å². The predicted octanol–water partition coefficient (Wildman–Crippen LogP) is 0.475. The average Bonchev–Trinajstić information content (AvgIpc) is 2.39. The van der Waals surface area contributed by atoms with Crippen molar-refractivity contribution in [2.75, 3.05) is 0 Å². The Morgan fingerprint density at radius 3 is 2.32 bits per heavy atom. The van der Waals surface area contributed by atoms with Crippen molar-refractivity contribution in [2.24, 2.45) is 0 Å². The third kappa shape index (κ3) is 4.90. The molecule has 0 aliphatic carbocycles. The molecule has 0 saturated carbocycles. The van der Waals surface area contributed by atoms with Crippen LogP contribution in [0.4, 0.5) is 0 Å². The third-order valence-corrected chi connectivity index (χ3v) is 6.50. The molecular formula is C14H14NaO4PS2. The molecule has 0 spiro atoms. The molecule has 0 aliphatic rings. The van der Waals surface area contributed by atoms with Crippen molar-refractivity contribution in [3.8, 4) is 17.2 Å². The molecule has 1 unspecified atom stereocenters. The van der Waals surface area contributed by atoms with Crippen LogP contribution >= 0.6 is 17.1 Å². The quantitative estimate of drug-likeness (QED) is 0.607. The summed E-state index contributed by atoms with van der Waals surface area (Å²) in [6.45, 7) is 3.51. The molecule has 2 rings (SSSR count). The van der Waals surface area contributed by atoms with E-state index in [1.165, 1.54) is 12.1 Å². The molecule has 0 aromatic heterocycles. The molecule has 8 heteroatoms. The van der Waals surface area contributed by atoms with Gasteiger partial charge < -0.3 is 19.6 Å². The van der Waals surface area contributed by atoms with Crippen LogP contribution in [0, 0.1) is 13.8 Å². The number of aromatic hydroxyl groups is 1. The molecule has 1 atom stereocenters. The van der Waals surface area contributed by atoms with Gasteiger partial charge in [-0.15, -0.1) is 0 Å². The molecule has 0 aliphatic heterocycles. The van der Waals surface area contributed by atoms with E-state index in [1.54, 1.807) is 38.1 Å². The van der Waals surface area contributed by atoms with E-state index in [-0.39, 0.29) is 46.8 Å². The van der Waals surface area contributed by atoms with Crippen LogP contribution in [0.25, 0.3) is 0 Å². The van der Waals surface area contributed by atoms with Gasteiger partial charge in [-0.25, -0.2) is 0 Å². The maximum atomic E-state index is 11.8. The minimum absolute atomic E-state index is 0. The molecule has 0 heterocycles. The Morgan fingerprint density at radius 1 is 1.14 bits per heavy atom. The Kier molecular flexibility index (Phi) is 7.27. The molecule has 0 radical (unpaired) electrons. The van der Waals surface area contributed by atoms with Gasteiger partial charge in [0.15, 0.2) is 0 Å². The van der Waals surface area contributed by atoms with Crippen molar-refractivity contribution < 1.29 is 49.2 Å². The largest absolute Gasteiger partial charge is 1.00 e. The first-order chi connectivity index (χ1) is 9.80. The van der Waals surface area contributed by atoms with Crippen molar-refractivity contribution in [3.63, 3.8) is 0 Å². The summed E-state index contributed by atoms with van der Waals surface area (Å²) in [5.74, 6) is -0.240. The number of rotatable bonds is 4. The Hall–Kier alpha value is -0.200. The van der Waals surface area contributed by atoms with Crippen molar-refractivity contribution in [1.29, 1.82) is 0 Å². The number of hydrogen-bond donors (Lipinski definition) is 2. The van der Waals surface area contributed by atoms with Crippen LogP contribution < -0.4 is 39.2 Å². The van der Waals surface area contributed by atoms with E-state index in [4.69, 9.17) is 16.3 Å². The van der Waals surface area contributed by atoms with Gasteiger partial charge in [-0.2, -0.15) is 0 Å². The number of phenolic OH excluding ortho intramolecular Hbond substituents is 1. The minimum atomic E-state index is -3.35. The maximum absolute atomic E-state index is 11.8. The molecular weight excluding hydrogens is 350 g/mol. The Labute approximate surface area is 160 Å². The zero-order valence-corrected chi connectivity index (χ0v) is 17.0. The van der Waals surface area contributed by atoms with Crippen molar-refractivity contribution in [3.05, 3.63) is 47.5 Å². The summed E-state index contributed by atoms with van der Waals surface area (Å²) in [5.41, 5.74) is -1.97. The topological polar surface area (TPSA) is 72.8 Å². The number of aryl methyl sites for hydroxylation is 2. The summed E-state index contributed by atoms with van der Waals surface area (Å²) >= 11 is 5.99. The van der Waals surface area contributed by atoms with Gasteiger partial charge in [-0.3, -0.25) is 0 Å². The Balaban J connectivity index is 0.00000242. The van der Waals surface area contributed by atoms with Gasteiger partial charge in [0.25, 0.3) is 5.69 Å². The molecule has 4 nitrogen and oxygen atoms in total. The first-order valence-electron chi connectivity index (χ1n) is 6.07. The Morgan fingerprint density at radius 2 is 1.73 bits per heavy atom. The minimum Gasteiger partial charge on any atom is -0.870 e. The first kappa shape index (κ1) is 19.8. The van der Waals surface area contributed by atoms with E-state index < -0.39 is 5.69 Å². The van der Waals surface area contributed by atoms with Crippen LogP contribution in [0.3, 0.4) is 0 Å². The zero-order valence-electron chi connectivity index (χ0n) is 12.4. The normalized spacial score (nSPS) is 13.0. The van der Waals surface area contributed by atoms with Gasteiger partial charge in [0.2, 0.25) is 0 Å². The summed E-state index contributed by atoms with van der Waals surface area (Å²) < 4.78 is 5.40. The fourth-order valence-corrected chi connectivity index (χ4v) is 5.49. The van der Waals surface area contributed by atoms with Crippen molar-refractivity contribution in [1.82, 2.24) is 0 Å². The van der Waals surface area contributed by atoms with E-state index in [0.29, 0.717) is 10.5 Å². The number of hydrogen-bond acceptors (Lipinski definition) is 5.